The molecule has 0 bridgehead atoms. The van der Waals surface area contributed by atoms with Crippen LogP contribution in [0.25, 0.3) is 0 Å². The number of benzene rings is 1. The van der Waals surface area contributed by atoms with Crippen molar-refractivity contribution in [2.24, 2.45) is 0 Å². The quantitative estimate of drug-likeness (QED) is 0.420. The molecule has 0 saturated heterocycles. The summed E-state index contributed by atoms with van der Waals surface area (Å²) >= 11 is 3.34. The van der Waals surface area contributed by atoms with Crippen LogP contribution in [0.2, 0.25) is 0 Å². The smallest absolute Gasteiger partial charge is 0.347 e. The van der Waals surface area contributed by atoms with Crippen molar-refractivity contribution in [3.8, 4) is 0 Å². The number of hydrogen-bond acceptors (Lipinski definition) is 4. The predicted molar refractivity (Wildman–Crippen MR) is 65.2 cm³/mol. The van der Waals surface area contributed by atoms with E-state index in [-0.39, 0.29) is 11.3 Å². The molecule has 1 aromatic rings. The van der Waals surface area contributed by atoms with Crippen LogP contribution in [0.4, 0.5) is 5.69 Å². The van der Waals surface area contributed by atoms with Crippen LogP contribution in [0.1, 0.15) is 10.4 Å². The highest BCUT2D eigenvalue weighted by Gasteiger charge is 2.14. The Labute approximate surface area is 107 Å². The van der Waals surface area contributed by atoms with Crippen LogP contribution < -0.4 is 0 Å². The highest BCUT2D eigenvalue weighted by atomic mass is 127. The van der Waals surface area contributed by atoms with E-state index in [9.17, 15) is 14.9 Å². The number of carbonyl (C=O) groups excluding carboxylic acids is 1. The molecule has 0 fully saturated rings. The van der Waals surface area contributed by atoms with Gasteiger partial charge in [0.15, 0.2) is 23.0 Å². The molecule has 14 heavy (non-hydrogen) atoms. The Morgan fingerprint density at radius 1 is 1.43 bits per heavy atom. The molecule has 0 saturated carbocycles. The molecule has 0 unspecified atom stereocenters. The summed E-state index contributed by atoms with van der Waals surface area (Å²) in [5, 5.41) is 10.5. The lowest BCUT2D eigenvalue weighted by molar-refractivity contribution is -0.385. The molecule has 0 amide bonds. The number of non-ortho nitro benzene ring substituents is 1. The van der Waals surface area contributed by atoms with Crippen LogP contribution >= 0.6 is 45.6 Å². The fourth-order valence-electron chi connectivity index (χ4n) is 0.842. The Kier molecular flexibility index (Phi) is 4.04. The third kappa shape index (κ3) is 2.77. The second kappa shape index (κ2) is 4.87. The summed E-state index contributed by atoms with van der Waals surface area (Å²) in [6.45, 7) is 0. The fourth-order valence-corrected chi connectivity index (χ4v) is 1.75. The minimum absolute atomic E-state index is 0.117. The van der Waals surface area contributed by atoms with E-state index >= 15 is 0 Å². The van der Waals surface area contributed by atoms with Crippen molar-refractivity contribution < 1.29 is 12.8 Å². The van der Waals surface area contributed by atoms with Gasteiger partial charge in [-0.3, -0.25) is 10.1 Å². The first-order chi connectivity index (χ1) is 6.54. The Bertz CT molecular complexity index is 393. The van der Waals surface area contributed by atoms with Crippen LogP contribution in [0.15, 0.2) is 18.2 Å². The van der Waals surface area contributed by atoms with Crippen molar-refractivity contribution >= 4 is 57.3 Å². The summed E-state index contributed by atoms with van der Waals surface area (Å²) in [5.74, 6) is -0.591. The molecule has 0 aliphatic rings. The van der Waals surface area contributed by atoms with E-state index in [1.54, 1.807) is 0 Å². The number of nitrogens with zero attached hydrogens (tertiary/aromatic N) is 1. The van der Waals surface area contributed by atoms with Gasteiger partial charge in [0, 0.05) is 15.7 Å². The van der Waals surface area contributed by atoms with Gasteiger partial charge in [-0.05, 0) is 28.7 Å². The van der Waals surface area contributed by atoms with Crippen LogP contribution in [0.5, 0.6) is 0 Å². The normalized spacial score (nSPS) is 9.57. The van der Waals surface area contributed by atoms with E-state index in [0.29, 0.717) is 3.57 Å². The largest absolute Gasteiger partial charge is 0.391 e. The number of hydrogen-bond donors (Lipinski definition) is 0. The summed E-state index contributed by atoms with van der Waals surface area (Å²) in [7, 11) is 0. The zero-order valence-corrected chi connectivity index (χ0v) is 10.9. The topological polar surface area (TPSA) is 69.4 Å². The predicted octanol–water partition coefficient (Wildman–Crippen LogP) is 2.71. The number of nitro benzene ring substituents is 1. The maximum Gasteiger partial charge on any atom is 0.347 e. The van der Waals surface area contributed by atoms with Crippen LogP contribution in [0, 0.1) is 13.7 Å². The second-order valence-corrected chi connectivity index (χ2v) is 4.01. The molecule has 0 atom stereocenters. The van der Waals surface area contributed by atoms with Gasteiger partial charge in [-0.15, -0.1) is 0 Å². The third-order valence-electron chi connectivity index (χ3n) is 1.40. The average molecular weight is 419 g/mol. The lowest BCUT2D eigenvalue weighted by Gasteiger charge is -1.98. The van der Waals surface area contributed by atoms with Crippen molar-refractivity contribution in [2.75, 3.05) is 0 Å². The summed E-state index contributed by atoms with van der Waals surface area (Å²) in [4.78, 5) is 21.0. The van der Waals surface area contributed by atoms with Gasteiger partial charge in [-0.2, -0.15) is 0 Å². The van der Waals surface area contributed by atoms with Gasteiger partial charge >= 0.3 is 5.97 Å². The molecular formula is C7H3I2NO4. The Hall–Kier alpha value is -0.450. The molecule has 7 heteroatoms. The molecule has 1 aromatic carbocycles. The first kappa shape index (κ1) is 11.6. The first-order valence-corrected chi connectivity index (χ1v) is 5.28. The van der Waals surface area contributed by atoms with E-state index in [1.165, 1.54) is 41.2 Å². The first-order valence-electron chi connectivity index (χ1n) is 3.32. The average Bonchev–Trinajstić information content (AvgIpc) is 2.15. The van der Waals surface area contributed by atoms with Gasteiger partial charge in [0.05, 0.1) is 10.5 Å². The summed E-state index contributed by atoms with van der Waals surface area (Å²) < 4.78 is 5.05. The lowest BCUT2D eigenvalue weighted by Crippen LogP contribution is -2.00. The second-order valence-electron chi connectivity index (χ2n) is 2.32. The summed E-state index contributed by atoms with van der Waals surface area (Å²) in [5.41, 5.74) is 0.0618. The highest BCUT2D eigenvalue weighted by molar-refractivity contribution is 14.1. The molecule has 74 valence electrons. The Morgan fingerprint density at radius 3 is 2.57 bits per heavy atom. The molecule has 1 rings (SSSR count). The van der Waals surface area contributed by atoms with Crippen LogP contribution in [0.3, 0.4) is 0 Å². The van der Waals surface area contributed by atoms with Gasteiger partial charge in [-0.25, -0.2) is 4.79 Å². The van der Waals surface area contributed by atoms with Crippen molar-refractivity contribution in [2.45, 2.75) is 0 Å². The lowest BCUT2D eigenvalue weighted by atomic mass is 10.2. The van der Waals surface area contributed by atoms with Crippen molar-refractivity contribution in [1.82, 2.24) is 0 Å². The highest BCUT2D eigenvalue weighted by Crippen LogP contribution is 2.19. The van der Waals surface area contributed by atoms with E-state index < -0.39 is 10.9 Å². The summed E-state index contributed by atoms with van der Waals surface area (Å²) in [6.07, 6.45) is 0. The maximum atomic E-state index is 11.1. The van der Waals surface area contributed by atoms with Crippen LogP contribution in [-0.2, 0) is 3.07 Å². The van der Waals surface area contributed by atoms with Crippen molar-refractivity contribution in [3.63, 3.8) is 0 Å². The van der Waals surface area contributed by atoms with Gasteiger partial charge in [0.2, 0.25) is 0 Å². The molecule has 0 aliphatic heterocycles. The zero-order chi connectivity index (χ0) is 10.7. The number of halogens is 2. The van der Waals surface area contributed by atoms with Gasteiger partial charge in [0.25, 0.3) is 5.69 Å². The van der Waals surface area contributed by atoms with E-state index in [0.717, 1.165) is 0 Å². The van der Waals surface area contributed by atoms with Crippen molar-refractivity contribution in [3.05, 3.63) is 37.4 Å². The molecule has 0 aromatic heterocycles. The molecule has 5 nitrogen and oxygen atoms in total. The SMILES string of the molecule is O=C(OI)c1cc(I)cc([N+](=O)[O-])c1. The number of nitro groups is 1. The number of rotatable bonds is 2. The minimum Gasteiger partial charge on any atom is -0.391 e. The standard InChI is InChI=1S/C7H3I2NO4/c8-5-1-4(7(11)14-9)2-6(3-5)10(12)13/h1-3H. The number of carbonyl (C=O) groups is 1. The Balaban J connectivity index is 3.20. The third-order valence-corrected chi connectivity index (χ3v) is 2.42. The monoisotopic (exact) mass is 419 g/mol. The molecule has 0 aliphatic carbocycles. The van der Waals surface area contributed by atoms with Crippen molar-refractivity contribution in [1.29, 1.82) is 0 Å². The molecule has 0 spiro atoms. The van der Waals surface area contributed by atoms with Crippen LogP contribution in [-0.4, -0.2) is 10.9 Å². The van der Waals surface area contributed by atoms with Gasteiger partial charge in [0.1, 0.15) is 0 Å². The molecule has 0 radical (unpaired) electrons. The molecule has 0 heterocycles. The van der Waals surface area contributed by atoms with E-state index in [1.807, 2.05) is 22.6 Å². The Morgan fingerprint density at radius 2 is 2.07 bits per heavy atom. The molecule has 0 N–H and O–H groups in total. The van der Waals surface area contributed by atoms with Gasteiger partial charge < -0.3 is 3.07 Å². The maximum absolute atomic E-state index is 11.1. The molecular weight excluding hydrogens is 416 g/mol. The zero-order valence-electron chi connectivity index (χ0n) is 6.57. The minimum atomic E-state index is -0.591. The summed E-state index contributed by atoms with van der Waals surface area (Å²) in [6, 6.07) is 4.09. The van der Waals surface area contributed by atoms with Gasteiger partial charge in [-0.1, -0.05) is 0 Å². The fraction of sp³-hybridized carbons (Fsp3) is 0. The van der Waals surface area contributed by atoms with E-state index in [2.05, 4.69) is 3.07 Å². The van der Waals surface area contributed by atoms with E-state index in [4.69, 9.17) is 0 Å².